The highest BCUT2D eigenvalue weighted by Crippen LogP contribution is 2.27. The summed E-state index contributed by atoms with van der Waals surface area (Å²) in [7, 11) is 0. The van der Waals surface area contributed by atoms with Gasteiger partial charge in [-0.05, 0) is 31.9 Å². The van der Waals surface area contributed by atoms with Crippen LogP contribution in [0.5, 0.6) is 5.75 Å². The second kappa shape index (κ2) is 9.03. The van der Waals surface area contributed by atoms with E-state index in [2.05, 4.69) is 11.4 Å². The molecule has 2 amide bonds. The van der Waals surface area contributed by atoms with E-state index in [4.69, 9.17) is 15.2 Å². The largest absolute Gasteiger partial charge is 0.481 e. The number of rotatable bonds is 7. The number of amides is 2. The molecule has 3 N–H and O–H groups in total. The van der Waals surface area contributed by atoms with Crippen molar-refractivity contribution >= 4 is 17.8 Å². The van der Waals surface area contributed by atoms with Gasteiger partial charge >= 0.3 is 5.97 Å². The summed E-state index contributed by atoms with van der Waals surface area (Å²) in [6, 6.07) is 8.41. The number of benzene rings is 1. The van der Waals surface area contributed by atoms with Crippen LogP contribution in [0.3, 0.4) is 0 Å². The third-order valence-electron chi connectivity index (χ3n) is 4.46. The fraction of sp³-hybridized carbons (Fsp3) is 0.474. The van der Waals surface area contributed by atoms with Crippen LogP contribution in [-0.4, -0.2) is 36.0 Å². The van der Waals surface area contributed by atoms with Crippen molar-refractivity contribution in [2.24, 2.45) is 5.73 Å². The maximum Gasteiger partial charge on any atom is 0.344 e. The average Bonchev–Trinajstić information content (AvgIpc) is 2.67. The second-order valence-electron chi connectivity index (χ2n) is 6.52. The number of esters is 1. The Hall–Kier alpha value is -3.08. The third-order valence-corrected chi connectivity index (χ3v) is 4.46. The lowest BCUT2D eigenvalue weighted by atomic mass is 9.83. The fourth-order valence-electron chi connectivity index (χ4n) is 2.97. The molecule has 1 aliphatic rings. The van der Waals surface area contributed by atoms with Crippen molar-refractivity contribution < 1.29 is 23.9 Å². The molecule has 0 radical (unpaired) electrons. The highest BCUT2D eigenvalue weighted by Gasteiger charge is 2.35. The number of nitrogens with zero attached hydrogens (tertiary/aromatic N) is 1. The maximum atomic E-state index is 12.3. The number of ether oxygens (including phenoxy) is 2. The van der Waals surface area contributed by atoms with Crippen LogP contribution in [0.4, 0.5) is 0 Å². The van der Waals surface area contributed by atoms with Gasteiger partial charge < -0.3 is 20.5 Å². The van der Waals surface area contributed by atoms with Gasteiger partial charge in [-0.2, -0.15) is 5.26 Å². The summed E-state index contributed by atoms with van der Waals surface area (Å²) in [4.78, 5) is 35.6. The minimum atomic E-state index is -1.07. The first-order valence-electron chi connectivity index (χ1n) is 8.81. The maximum absolute atomic E-state index is 12.3. The van der Waals surface area contributed by atoms with E-state index in [1.54, 1.807) is 12.1 Å². The molecule has 1 saturated carbocycles. The number of carbonyl (C=O) groups excluding carboxylic acids is 3. The zero-order valence-electron chi connectivity index (χ0n) is 15.2. The first-order chi connectivity index (χ1) is 12.9. The molecule has 0 aliphatic heterocycles. The van der Waals surface area contributed by atoms with Crippen molar-refractivity contribution in [1.29, 1.82) is 5.26 Å². The van der Waals surface area contributed by atoms with E-state index in [9.17, 15) is 19.6 Å². The molecule has 0 spiro atoms. The second-order valence-corrected chi connectivity index (χ2v) is 6.52. The Balaban J connectivity index is 1.87. The van der Waals surface area contributed by atoms with Crippen molar-refractivity contribution in [3.05, 3.63) is 29.8 Å². The number of para-hydroxylation sites is 1. The molecular weight excluding hydrogens is 350 g/mol. The Labute approximate surface area is 157 Å². The number of primary amides is 1. The third kappa shape index (κ3) is 5.45. The average molecular weight is 373 g/mol. The molecular formula is C19H23N3O5. The minimum absolute atomic E-state index is 0.143. The van der Waals surface area contributed by atoms with Crippen LogP contribution in [-0.2, 0) is 14.3 Å². The summed E-state index contributed by atoms with van der Waals surface area (Å²) < 4.78 is 10.3. The minimum Gasteiger partial charge on any atom is -0.481 e. The molecule has 0 unspecified atom stereocenters. The van der Waals surface area contributed by atoms with E-state index in [1.165, 1.54) is 19.1 Å². The molecule has 0 heterocycles. The number of nitrogens with one attached hydrogen (secondary N) is 1. The van der Waals surface area contributed by atoms with Gasteiger partial charge in [-0.25, -0.2) is 4.79 Å². The molecule has 27 heavy (non-hydrogen) atoms. The molecule has 144 valence electrons. The van der Waals surface area contributed by atoms with Gasteiger partial charge in [0.25, 0.3) is 11.8 Å². The molecule has 1 aliphatic carbocycles. The van der Waals surface area contributed by atoms with Gasteiger partial charge in [0.1, 0.15) is 11.3 Å². The van der Waals surface area contributed by atoms with Gasteiger partial charge in [0.05, 0.1) is 11.6 Å². The molecule has 1 fully saturated rings. The van der Waals surface area contributed by atoms with Gasteiger partial charge in [-0.1, -0.05) is 31.4 Å². The summed E-state index contributed by atoms with van der Waals surface area (Å²) >= 11 is 0. The van der Waals surface area contributed by atoms with E-state index in [0.29, 0.717) is 12.8 Å². The van der Waals surface area contributed by atoms with Gasteiger partial charge in [-0.15, -0.1) is 0 Å². The lowest BCUT2D eigenvalue weighted by molar-refractivity contribution is -0.157. The van der Waals surface area contributed by atoms with Crippen molar-refractivity contribution in [1.82, 2.24) is 5.32 Å². The molecule has 0 aromatic heterocycles. The summed E-state index contributed by atoms with van der Waals surface area (Å²) in [5, 5.41) is 12.1. The van der Waals surface area contributed by atoms with Crippen LogP contribution in [0.25, 0.3) is 0 Å². The predicted octanol–water partition coefficient (Wildman–Crippen LogP) is 1.44. The predicted molar refractivity (Wildman–Crippen MR) is 95.6 cm³/mol. The normalized spacial score (nSPS) is 16.4. The van der Waals surface area contributed by atoms with E-state index in [0.717, 1.165) is 19.3 Å². The Kier molecular flexibility index (Phi) is 6.77. The number of carbonyl (C=O) groups is 3. The summed E-state index contributed by atoms with van der Waals surface area (Å²) in [5.41, 5.74) is 4.49. The zero-order valence-corrected chi connectivity index (χ0v) is 15.2. The molecule has 1 aromatic carbocycles. The molecule has 0 saturated heterocycles. The van der Waals surface area contributed by atoms with Crippen molar-refractivity contribution in [3.63, 3.8) is 0 Å². The Morgan fingerprint density at radius 2 is 1.93 bits per heavy atom. The van der Waals surface area contributed by atoms with Crippen LogP contribution in [0, 0.1) is 11.3 Å². The van der Waals surface area contributed by atoms with E-state index >= 15 is 0 Å². The topological polar surface area (TPSA) is 132 Å². The highest BCUT2D eigenvalue weighted by molar-refractivity contribution is 5.95. The molecule has 0 bridgehead atoms. The smallest absolute Gasteiger partial charge is 0.344 e. The lowest BCUT2D eigenvalue weighted by Gasteiger charge is -2.32. The Bertz CT molecular complexity index is 750. The van der Waals surface area contributed by atoms with Crippen LogP contribution in [0.15, 0.2) is 24.3 Å². The van der Waals surface area contributed by atoms with Crippen LogP contribution >= 0.6 is 0 Å². The lowest BCUT2D eigenvalue weighted by Crippen LogP contribution is -2.52. The van der Waals surface area contributed by atoms with E-state index in [-0.39, 0.29) is 11.3 Å². The van der Waals surface area contributed by atoms with Crippen molar-refractivity contribution in [3.8, 4) is 11.8 Å². The summed E-state index contributed by atoms with van der Waals surface area (Å²) in [6.45, 7) is 0.948. The Morgan fingerprint density at radius 3 is 2.56 bits per heavy atom. The quantitative estimate of drug-likeness (QED) is 0.695. The van der Waals surface area contributed by atoms with Gasteiger partial charge in [0, 0.05) is 0 Å². The van der Waals surface area contributed by atoms with Gasteiger partial charge in [0.15, 0.2) is 12.7 Å². The van der Waals surface area contributed by atoms with Crippen LogP contribution in [0.2, 0.25) is 0 Å². The van der Waals surface area contributed by atoms with Crippen LogP contribution in [0.1, 0.15) is 49.4 Å². The Morgan fingerprint density at radius 1 is 1.26 bits per heavy atom. The fourth-order valence-corrected chi connectivity index (χ4v) is 2.97. The van der Waals surface area contributed by atoms with Gasteiger partial charge in [-0.3, -0.25) is 9.59 Å². The van der Waals surface area contributed by atoms with Gasteiger partial charge in [0.2, 0.25) is 0 Å². The molecule has 8 nitrogen and oxygen atoms in total. The monoisotopic (exact) mass is 373 g/mol. The summed E-state index contributed by atoms with van der Waals surface area (Å²) in [5.74, 6) is -1.82. The number of hydrogen-bond acceptors (Lipinski definition) is 6. The summed E-state index contributed by atoms with van der Waals surface area (Å²) in [6.07, 6.45) is 2.88. The SMILES string of the molecule is C[C@H](OC(=O)COc1ccccc1C(N)=O)C(=O)NC1(C#N)CCCCC1. The van der Waals surface area contributed by atoms with E-state index in [1.807, 2.05) is 0 Å². The molecule has 1 atom stereocenters. The number of nitrogens with two attached hydrogens (primary N) is 1. The first-order valence-corrected chi connectivity index (χ1v) is 8.81. The van der Waals surface area contributed by atoms with Crippen molar-refractivity contribution in [2.75, 3.05) is 6.61 Å². The van der Waals surface area contributed by atoms with Crippen molar-refractivity contribution in [2.45, 2.75) is 50.7 Å². The van der Waals surface area contributed by atoms with Crippen LogP contribution < -0.4 is 15.8 Å². The standard InChI is InChI=1S/C19H23N3O5/c1-13(18(25)22-19(12-20)9-5-2-6-10-19)27-16(23)11-26-15-8-4-3-7-14(15)17(21)24/h3-4,7-8,13H,2,5-6,9-11H2,1H3,(H2,21,24)(H,22,25)/t13-/m0/s1. The van der Waals surface area contributed by atoms with E-state index < -0.39 is 36.0 Å². The number of hydrogen-bond donors (Lipinski definition) is 2. The number of nitriles is 1. The molecule has 1 aromatic rings. The first kappa shape index (κ1) is 20.2. The highest BCUT2D eigenvalue weighted by atomic mass is 16.6. The molecule has 2 rings (SSSR count). The molecule has 8 heteroatoms. The zero-order chi connectivity index (χ0) is 19.9.